The topological polar surface area (TPSA) is 107 Å². The van der Waals surface area contributed by atoms with Crippen LogP contribution in [0.3, 0.4) is 0 Å². The summed E-state index contributed by atoms with van der Waals surface area (Å²) in [4.78, 5) is 0. The molecule has 12 heteroatoms. The molecule has 0 fully saturated rings. The van der Waals surface area contributed by atoms with Gasteiger partial charge in [0.25, 0.3) is 0 Å². The zero-order valence-electron chi connectivity index (χ0n) is 9.34. The smallest absolute Gasteiger partial charge is 0.229 e. The van der Waals surface area contributed by atoms with Crippen molar-refractivity contribution in [2.24, 2.45) is 0 Å². The number of rotatable bonds is 3. The molecule has 1 N–H and O–H groups in total. The normalized spacial score (nSPS) is 10.3. The van der Waals surface area contributed by atoms with Crippen molar-refractivity contribution in [3.63, 3.8) is 0 Å². The molecule has 0 atom stereocenters. The third-order valence-corrected chi connectivity index (χ3v) is 2.33. The Morgan fingerprint density at radius 1 is 0.789 bits per heavy atom. The first-order valence-corrected chi connectivity index (χ1v) is 5.41. The average molecular weight is 277 g/mol. The summed E-state index contributed by atoms with van der Waals surface area (Å²) in [5, 5.41) is 24.1. The third-order valence-electron chi connectivity index (χ3n) is 2.08. The maximum Gasteiger partial charge on any atom is 0.229 e. The van der Waals surface area contributed by atoms with Gasteiger partial charge < -0.3 is 0 Å². The molecule has 0 aliphatic carbocycles. The summed E-state index contributed by atoms with van der Waals surface area (Å²) in [7, 11) is 0. The van der Waals surface area contributed by atoms with Crippen molar-refractivity contribution < 1.29 is 0 Å². The van der Waals surface area contributed by atoms with Gasteiger partial charge in [-0.05, 0) is 12.2 Å². The zero-order chi connectivity index (χ0) is 13.1. The molecule has 0 saturated carbocycles. The summed E-state index contributed by atoms with van der Waals surface area (Å²) in [6, 6.07) is 0. The van der Waals surface area contributed by atoms with Crippen LogP contribution < -0.4 is 10.5 Å². The van der Waals surface area contributed by atoms with E-state index in [1.54, 1.807) is 9.35 Å². The molecule has 19 heavy (non-hydrogen) atoms. The summed E-state index contributed by atoms with van der Waals surface area (Å²) in [5.41, 5.74) is 2.89. The van der Waals surface area contributed by atoms with Crippen molar-refractivity contribution in [3.05, 3.63) is 38.0 Å². The molecule has 0 radical (unpaired) electrons. The molecule has 0 spiro atoms. The SMILES string of the molecule is S=C(Nn1cnnc1)N(n1cnnc1)n1cnnc1. The Bertz CT molecular complexity index is 592. The van der Waals surface area contributed by atoms with Crippen LogP contribution in [0.1, 0.15) is 0 Å². The van der Waals surface area contributed by atoms with Gasteiger partial charge in [-0.3, -0.25) is 5.43 Å². The highest BCUT2D eigenvalue weighted by Gasteiger charge is 2.14. The van der Waals surface area contributed by atoms with E-state index >= 15 is 0 Å². The number of nitrogens with one attached hydrogen (secondary N) is 1. The quantitative estimate of drug-likeness (QED) is 0.566. The molecule has 0 aliphatic heterocycles. The van der Waals surface area contributed by atoms with Gasteiger partial charge in [0.05, 0.1) is 0 Å². The van der Waals surface area contributed by atoms with Crippen molar-refractivity contribution in [2.45, 2.75) is 0 Å². The van der Waals surface area contributed by atoms with E-state index < -0.39 is 0 Å². The van der Waals surface area contributed by atoms with Gasteiger partial charge in [-0.1, -0.05) is 0 Å². The second-order valence-electron chi connectivity index (χ2n) is 3.26. The number of thiocarbonyl (C=S) groups is 1. The Morgan fingerprint density at radius 3 is 1.68 bits per heavy atom. The summed E-state index contributed by atoms with van der Waals surface area (Å²) >= 11 is 5.31. The van der Waals surface area contributed by atoms with Gasteiger partial charge in [0.15, 0.2) is 0 Å². The first-order chi connectivity index (χ1) is 9.34. The molecule has 3 aromatic rings. The van der Waals surface area contributed by atoms with Crippen molar-refractivity contribution in [3.8, 4) is 0 Å². The number of hydrogen-bond acceptors (Lipinski definition) is 7. The van der Waals surface area contributed by atoms with Crippen molar-refractivity contribution >= 4 is 17.3 Å². The van der Waals surface area contributed by atoms with Crippen LogP contribution in [0.25, 0.3) is 0 Å². The fourth-order valence-corrected chi connectivity index (χ4v) is 1.62. The summed E-state index contributed by atoms with van der Waals surface area (Å²) in [6.45, 7) is 0. The van der Waals surface area contributed by atoms with Crippen LogP contribution in [0.15, 0.2) is 38.0 Å². The van der Waals surface area contributed by atoms with E-state index in [1.807, 2.05) is 0 Å². The molecule has 0 saturated heterocycles. The fourth-order valence-electron chi connectivity index (χ4n) is 1.33. The van der Waals surface area contributed by atoms with Crippen LogP contribution in [-0.2, 0) is 0 Å². The molecule has 3 heterocycles. The lowest BCUT2D eigenvalue weighted by atomic mass is 11.0. The van der Waals surface area contributed by atoms with Crippen molar-refractivity contribution in [2.75, 3.05) is 10.5 Å². The number of hydrogen-bond donors (Lipinski definition) is 1. The lowest BCUT2D eigenvalue weighted by Gasteiger charge is -2.24. The monoisotopic (exact) mass is 277 g/mol. The molecule has 11 nitrogen and oxygen atoms in total. The minimum atomic E-state index is 0.319. The van der Waals surface area contributed by atoms with Crippen LogP contribution in [0.4, 0.5) is 0 Å². The summed E-state index contributed by atoms with van der Waals surface area (Å²) < 4.78 is 4.62. The van der Waals surface area contributed by atoms with E-state index in [2.05, 4.69) is 36.0 Å². The van der Waals surface area contributed by atoms with Crippen molar-refractivity contribution in [1.82, 2.24) is 44.6 Å². The van der Waals surface area contributed by atoms with Crippen LogP contribution in [0, 0.1) is 0 Å². The molecule has 96 valence electrons. The van der Waals surface area contributed by atoms with Gasteiger partial charge in [-0.2, -0.15) is 0 Å². The first kappa shape index (κ1) is 11.2. The van der Waals surface area contributed by atoms with E-state index in [4.69, 9.17) is 12.2 Å². The van der Waals surface area contributed by atoms with E-state index in [1.165, 1.54) is 47.8 Å². The Balaban J connectivity index is 1.89. The molecule has 0 unspecified atom stereocenters. The molecular weight excluding hydrogens is 270 g/mol. The molecule has 0 bridgehead atoms. The molecule has 3 rings (SSSR count). The number of aromatic nitrogens is 9. The standard InChI is InChI=1S/C7H7N11S/c19-7(14-15-1-8-9-2-15)18(16-3-10-11-4-16)17-5-12-13-6-17/h1-6H,(H,14,19). The van der Waals surface area contributed by atoms with Crippen molar-refractivity contribution in [1.29, 1.82) is 0 Å². The highest BCUT2D eigenvalue weighted by atomic mass is 32.1. The first-order valence-electron chi connectivity index (χ1n) is 5.00. The van der Waals surface area contributed by atoms with Crippen LogP contribution in [-0.4, -0.2) is 49.7 Å². The lowest BCUT2D eigenvalue weighted by molar-refractivity contribution is 0.620. The maximum absolute atomic E-state index is 5.31. The van der Waals surface area contributed by atoms with Gasteiger partial charge in [0.1, 0.15) is 38.0 Å². The zero-order valence-corrected chi connectivity index (χ0v) is 10.2. The highest BCUT2D eigenvalue weighted by molar-refractivity contribution is 7.80. The number of nitrogens with zero attached hydrogens (tertiary/aromatic N) is 10. The summed E-state index contributed by atoms with van der Waals surface area (Å²) in [5.74, 6) is 0. The van der Waals surface area contributed by atoms with Gasteiger partial charge >= 0.3 is 0 Å². The second-order valence-corrected chi connectivity index (χ2v) is 3.65. The average Bonchev–Trinajstić information content (AvgIpc) is 3.11. The lowest BCUT2D eigenvalue weighted by Crippen LogP contribution is -2.47. The van der Waals surface area contributed by atoms with Gasteiger partial charge in [0, 0.05) is 0 Å². The molecule has 3 aromatic heterocycles. The van der Waals surface area contributed by atoms with E-state index in [9.17, 15) is 0 Å². The third kappa shape index (κ3) is 2.23. The Morgan fingerprint density at radius 2 is 1.21 bits per heavy atom. The minimum Gasteiger partial charge on any atom is -0.264 e. The Labute approximate surface area is 111 Å². The highest BCUT2D eigenvalue weighted by Crippen LogP contribution is 1.96. The van der Waals surface area contributed by atoms with Crippen LogP contribution in [0.2, 0.25) is 0 Å². The largest absolute Gasteiger partial charge is 0.264 e. The van der Waals surface area contributed by atoms with E-state index in [0.29, 0.717) is 5.11 Å². The van der Waals surface area contributed by atoms with Gasteiger partial charge in [-0.25, -0.2) is 14.0 Å². The van der Waals surface area contributed by atoms with Gasteiger partial charge in [0.2, 0.25) is 5.11 Å². The van der Waals surface area contributed by atoms with Crippen LogP contribution in [0.5, 0.6) is 0 Å². The molecule has 0 aliphatic rings. The van der Waals surface area contributed by atoms with Crippen LogP contribution >= 0.6 is 12.2 Å². The maximum atomic E-state index is 5.31. The minimum absolute atomic E-state index is 0.319. The van der Waals surface area contributed by atoms with Gasteiger partial charge in [-0.15, -0.1) is 35.7 Å². The molecular formula is C7H7N11S. The molecule has 0 amide bonds. The van der Waals surface area contributed by atoms with E-state index in [-0.39, 0.29) is 0 Å². The molecule has 0 aromatic carbocycles. The second kappa shape index (κ2) is 4.77. The Hall–Kier alpha value is -2.89. The van der Waals surface area contributed by atoms with E-state index in [0.717, 1.165) is 0 Å². The predicted molar refractivity (Wildman–Crippen MR) is 65.6 cm³/mol. The Kier molecular flexibility index (Phi) is 2.82. The predicted octanol–water partition coefficient (Wildman–Crippen LogP) is -1.61. The fraction of sp³-hybridized carbons (Fsp3) is 0. The summed E-state index contributed by atoms with van der Waals surface area (Å²) in [6.07, 6.45) is 8.90.